The minimum atomic E-state index is -0.630. The highest BCUT2D eigenvalue weighted by Crippen LogP contribution is 2.40. The first-order valence-corrected chi connectivity index (χ1v) is 10.4. The van der Waals surface area contributed by atoms with Crippen LogP contribution in [-0.2, 0) is 4.79 Å². The number of halogens is 2. The van der Waals surface area contributed by atoms with Crippen molar-refractivity contribution in [2.24, 2.45) is 5.73 Å². The fourth-order valence-electron chi connectivity index (χ4n) is 4.02. The fourth-order valence-corrected chi connectivity index (χ4v) is 4.53. The molecular weight excluding hydrogens is 433 g/mol. The summed E-state index contributed by atoms with van der Waals surface area (Å²) in [7, 11) is 0. The maximum atomic E-state index is 12.4. The van der Waals surface area contributed by atoms with Gasteiger partial charge in [0.2, 0.25) is 11.9 Å². The number of primary amides is 1. The van der Waals surface area contributed by atoms with Crippen LogP contribution in [-0.4, -0.2) is 20.7 Å². The Morgan fingerprint density at radius 2 is 1.87 bits per heavy atom. The van der Waals surface area contributed by atoms with Gasteiger partial charge in [-0.2, -0.15) is 4.98 Å². The molecular formula is C23H17Cl2N5O. The lowest BCUT2D eigenvalue weighted by Crippen LogP contribution is -2.32. The highest BCUT2D eigenvalue weighted by molar-refractivity contribution is 6.35. The molecule has 0 radical (unpaired) electrons. The molecule has 1 aromatic heterocycles. The first-order valence-electron chi connectivity index (χ1n) is 9.61. The van der Waals surface area contributed by atoms with Gasteiger partial charge in [-0.3, -0.25) is 4.79 Å². The Morgan fingerprint density at radius 3 is 2.65 bits per heavy atom. The van der Waals surface area contributed by atoms with Gasteiger partial charge in [0.15, 0.2) is 5.82 Å². The minimum absolute atomic E-state index is 0.367. The zero-order valence-electron chi connectivity index (χ0n) is 16.4. The summed E-state index contributed by atoms with van der Waals surface area (Å²) in [4.78, 5) is 17.1. The maximum Gasteiger partial charge on any atom is 0.248 e. The van der Waals surface area contributed by atoms with Crippen LogP contribution in [0.25, 0.3) is 22.2 Å². The van der Waals surface area contributed by atoms with Crippen molar-refractivity contribution in [2.75, 3.05) is 5.32 Å². The van der Waals surface area contributed by atoms with Crippen molar-refractivity contribution in [1.82, 2.24) is 14.8 Å². The fraction of sp³-hybridized carbons (Fsp3) is 0.0870. The quantitative estimate of drug-likeness (QED) is 0.451. The monoisotopic (exact) mass is 449 g/mol. The van der Waals surface area contributed by atoms with E-state index in [1.807, 2.05) is 42.5 Å². The highest BCUT2D eigenvalue weighted by atomic mass is 35.5. The summed E-state index contributed by atoms with van der Waals surface area (Å²) in [5.74, 6) is 0.475. The van der Waals surface area contributed by atoms with Crippen LogP contribution in [0.1, 0.15) is 18.5 Å². The zero-order chi connectivity index (χ0) is 21.7. The Morgan fingerprint density at radius 1 is 1.10 bits per heavy atom. The smallest absolute Gasteiger partial charge is 0.248 e. The van der Waals surface area contributed by atoms with Crippen LogP contribution >= 0.6 is 23.2 Å². The molecule has 0 bridgehead atoms. The van der Waals surface area contributed by atoms with Crippen LogP contribution < -0.4 is 11.1 Å². The molecule has 1 aliphatic heterocycles. The number of carbonyl (C=O) groups excluding carboxylic acids is 1. The number of amides is 1. The molecule has 1 unspecified atom stereocenters. The molecule has 2 heterocycles. The van der Waals surface area contributed by atoms with Gasteiger partial charge in [-0.25, -0.2) is 4.68 Å². The molecule has 3 aromatic carbocycles. The molecule has 31 heavy (non-hydrogen) atoms. The van der Waals surface area contributed by atoms with Crippen molar-refractivity contribution in [3.05, 3.63) is 87.5 Å². The molecule has 154 valence electrons. The third-order valence-corrected chi connectivity index (χ3v) is 5.97. The van der Waals surface area contributed by atoms with E-state index in [4.69, 9.17) is 39.0 Å². The predicted molar refractivity (Wildman–Crippen MR) is 123 cm³/mol. The van der Waals surface area contributed by atoms with Crippen molar-refractivity contribution in [3.8, 4) is 11.4 Å². The normalized spacial score (nSPS) is 15.6. The summed E-state index contributed by atoms with van der Waals surface area (Å²) in [6.07, 6.45) is 0. The summed E-state index contributed by atoms with van der Waals surface area (Å²) >= 11 is 12.6. The van der Waals surface area contributed by atoms with Gasteiger partial charge in [-0.05, 0) is 29.8 Å². The number of carbonyl (C=O) groups is 1. The van der Waals surface area contributed by atoms with E-state index < -0.39 is 11.9 Å². The van der Waals surface area contributed by atoms with Crippen LogP contribution in [0.3, 0.4) is 0 Å². The molecule has 0 fully saturated rings. The Hall–Kier alpha value is -3.35. The lowest BCUT2D eigenvalue weighted by atomic mass is 9.95. The van der Waals surface area contributed by atoms with Crippen LogP contribution in [0, 0.1) is 0 Å². The van der Waals surface area contributed by atoms with Gasteiger partial charge in [0.05, 0.1) is 5.57 Å². The van der Waals surface area contributed by atoms with E-state index in [-0.39, 0.29) is 0 Å². The summed E-state index contributed by atoms with van der Waals surface area (Å²) in [5.41, 5.74) is 8.27. The molecule has 8 heteroatoms. The maximum absolute atomic E-state index is 12.4. The molecule has 4 aromatic rings. The molecule has 6 nitrogen and oxygen atoms in total. The Balaban J connectivity index is 1.73. The lowest BCUT2D eigenvalue weighted by molar-refractivity contribution is -0.115. The summed E-state index contributed by atoms with van der Waals surface area (Å²) < 4.78 is 1.65. The first kappa shape index (κ1) is 19.6. The molecule has 3 N–H and O–H groups in total. The number of benzene rings is 3. The molecule has 0 spiro atoms. The first-order chi connectivity index (χ1) is 14.9. The second-order valence-corrected chi connectivity index (χ2v) is 8.17. The standard InChI is InChI=1S/C23H17Cl2N5O/c1-12-19(21(26)31)20(17-10-9-14(24)11-18(17)25)30-23(27-12)28-22(29-30)16-8-4-6-13-5-2-3-7-15(13)16/h2-11,20H,1H3,(H2,26,31)(H,27,28,29). The molecule has 5 rings (SSSR count). The number of nitrogens with one attached hydrogen (secondary N) is 1. The molecule has 0 aliphatic carbocycles. The number of nitrogens with zero attached hydrogens (tertiary/aromatic N) is 3. The van der Waals surface area contributed by atoms with E-state index in [0.717, 1.165) is 16.3 Å². The summed E-state index contributed by atoms with van der Waals surface area (Å²) in [6.45, 7) is 1.78. The van der Waals surface area contributed by atoms with Gasteiger partial charge in [0.1, 0.15) is 6.04 Å². The second kappa shape index (κ2) is 7.41. The Kier molecular flexibility index (Phi) is 4.68. The van der Waals surface area contributed by atoms with Crippen LogP contribution in [0.4, 0.5) is 5.95 Å². The van der Waals surface area contributed by atoms with Crippen molar-refractivity contribution in [3.63, 3.8) is 0 Å². The lowest BCUT2D eigenvalue weighted by Gasteiger charge is -2.28. The number of nitrogens with two attached hydrogens (primary N) is 1. The number of aromatic nitrogens is 3. The predicted octanol–water partition coefficient (Wildman–Crippen LogP) is 5.18. The van der Waals surface area contributed by atoms with Gasteiger partial charge in [-0.1, -0.05) is 71.7 Å². The van der Waals surface area contributed by atoms with E-state index in [0.29, 0.717) is 38.7 Å². The van der Waals surface area contributed by atoms with Gasteiger partial charge >= 0.3 is 0 Å². The van der Waals surface area contributed by atoms with E-state index in [1.165, 1.54) is 0 Å². The van der Waals surface area contributed by atoms with E-state index >= 15 is 0 Å². The third-order valence-electron chi connectivity index (χ3n) is 5.41. The average molecular weight is 450 g/mol. The van der Waals surface area contributed by atoms with Crippen LogP contribution in [0.2, 0.25) is 10.0 Å². The SMILES string of the molecule is CC1=C(C(N)=O)C(c2ccc(Cl)cc2Cl)n2nc(-c3cccc4ccccc34)nc2N1. The average Bonchev–Trinajstić information content (AvgIpc) is 3.16. The van der Waals surface area contributed by atoms with Crippen LogP contribution in [0.15, 0.2) is 71.9 Å². The van der Waals surface area contributed by atoms with Crippen LogP contribution in [0.5, 0.6) is 0 Å². The minimum Gasteiger partial charge on any atom is -0.366 e. The number of allylic oxidation sites excluding steroid dienone is 1. The van der Waals surface area contributed by atoms with Crippen molar-refractivity contribution in [2.45, 2.75) is 13.0 Å². The summed E-state index contributed by atoms with van der Waals surface area (Å²) in [5, 5.41) is 11.0. The molecule has 1 atom stereocenters. The second-order valence-electron chi connectivity index (χ2n) is 7.33. The largest absolute Gasteiger partial charge is 0.366 e. The molecule has 0 saturated carbocycles. The van der Waals surface area contributed by atoms with Gasteiger partial charge in [0.25, 0.3) is 0 Å². The third kappa shape index (κ3) is 3.24. The van der Waals surface area contributed by atoms with Crippen molar-refractivity contribution >= 4 is 45.8 Å². The van der Waals surface area contributed by atoms with Gasteiger partial charge in [0, 0.05) is 26.9 Å². The highest BCUT2D eigenvalue weighted by Gasteiger charge is 2.34. The number of hydrogen-bond donors (Lipinski definition) is 2. The van der Waals surface area contributed by atoms with Crippen molar-refractivity contribution in [1.29, 1.82) is 0 Å². The number of hydrogen-bond acceptors (Lipinski definition) is 4. The Labute approximate surface area is 188 Å². The topological polar surface area (TPSA) is 85.8 Å². The summed E-state index contributed by atoms with van der Waals surface area (Å²) in [6, 6.07) is 18.5. The molecule has 1 amide bonds. The number of rotatable bonds is 3. The zero-order valence-corrected chi connectivity index (χ0v) is 17.9. The number of anilines is 1. The number of fused-ring (bicyclic) bond motifs is 2. The van der Waals surface area contributed by atoms with Crippen molar-refractivity contribution < 1.29 is 4.79 Å². The molecule has 1 aliphatic rings. The molecule has 0 saturated heterocycles. The van der Waals surface area contributed by atoms with Gasteiger partial charge in [-0.15, -0.1) is 5.10 Å². The Bertz CT molecular complexity index is 1390. The van der Waals surface area contributed by atoms with E-state index in [2.05, 4.69) is 5.32 Å². The van der Waals surface area contributed by atoms with Gasteiger partial charge < -0.3 is 11.1 Å². The van der Waals surface area contributed by atoms with E-state index in [1.54, 1.807) is 29.8 Å². The van der Waals surface area contributed by atoms with E-state index in [9.17, 15) is 4.79 Å².